The summed E-state index contributed by atoms with van der Waals surface area (Å²) in [4.78, 5) is 16.1. The number of aromatic amines is 1. The Morgan fingerprint density at radius 1 is 1.07 bits per heavy atom. The standard InChI is InChI=1S/C20H19N3O6S/c1-27-13-8-12(9-14(10-13)28-2)18-21-20(23-22-18)30-17(19(25)26)7-11-4-5-15(24)16(6-11)29-3/h4-10,24H,1-3H3,(H,25,26)(H,21,22,23)/b17-7-. The summed E-state index contributed by atoms with van der Waals surface area (Å²) in [5, 5.41) is 26.4. The fraction of sp³-hybridized carbons (Fsp3) is 0.150. The monoisotopic (exact) mass is 429 g/mol. The average Bonchev–Trinajstić information content (AvgIpc) is 3.22. The number of ether oxygens (including phenoxy) is 3. The van der Waals surface area contributed by atoms with Crippen LogP contribution in [0.1, 0.15) is 5.56 Å². The van der Waals surface area contributed by atoms with E-state index in [4.69, 9.17) is 14.2 Å². The summed E-state index contributed by atoms with van der Waals surface area (Å²) in [6.07, 6.45) is 1.44. The molecule has 3 rings (SSSR count). The summed E-state index contributed by atoms with van der Waals surface area (Å²) in [6, 6.07) is 9.78. The number of rotatable bonds is 8. The van der Waals surface area contributed by atoms with Gasteiger partial charge in [-0.25, -0.2) is 9.78 Å². The predicted octanol–water partition coefficient (Wildman–Crippen LogP) is 3.42. The van der Waals surface area contributed by atoms with Crippen LogP contribution in [0.4, 0.5) is 0 Å². The minimum absolute atomic E-state index is 0.00323. The number of hydrogen-bond acceptors (Lipinski definition) is 8. The fourth-order valence-electron chi connectivity index (χ4n) is 2.53. The molecule has 1 aromatic heterocycles. The highest BCUT2D eigenvalue weighted by Gasteiger charge is 2.16. The second kappa shape index (κ2) is 9.23. The van der Waals surface area contributed by atoms with Crippen LogP contribution < -0.4 is 14.2 Å². The van der Waals surface area contributed by atoms with Gasteiger partial charge in [-0.1, -0.05) is 6.07 Å². The lowest BCUT2D eigenvalue weighted by molar-refractivity contribution is -0.131. The van der Waals surface area contributed by atoms with Gasteiger partial charge in [-0.2, -0.15) is 0 Å². The molecule has 0 bridgehead atoms. The molecular weight excluding hydrogens is 410 g/mol. The third-order valence-corrected chi connectivity index (χ3v) is 4.88. The van der Waals surface area contributed by atoms with E-state index < -0.39 is 5.97 Å². The molecule has 0 unspecified atom stereocenters. The van der Waals surface area contributed by atoms with Crippen molar-refractivity contribution in [3.05, 3.63) is 46.9 Å². The SMILES string of the molecule is COc1cc(OC)cc(-c2nc(S/C(=C\c3ccc(O)c(OC)c3)C(=O)O)n[nH]2)c1. The minimum Gasteiger partial charge on any atom is -0.504 e. The van der Waals surface area contributed by atoms with Crippen molar-refractivity contribution in [1.29, 1.82) is 0 Å². The molecular formula is C20H19N3O6S. The second-order valence-corrected chi connectivity index (χ2v) is 6.92. The molecule has 0 aliphatic heterocycles. The van der Waals surface area contributed by atoms with Crippen LogP contribution >= 0.6 is 11.8 Å². The van der Waals surface area contributed by atoms with Crippen LogP contribution in [0.3, 0.4) is 0 Å². The number of phenolic OH excluding ortho intramolecular Hbond substituents is 1. The van der Waals surface area contributed by atoms with Crippen molar-refractivity contribution in [2.45, 2.75) is 5.16 Å². The molecule has 0 saturated heterocycles. The number of phenols is 1. The molecule has 0 radical (unpaired) electrons. The summed E-state index contributed by atoms with van der Waals surface area (Å²) < 4.78 is 15.6. The van der Waals surface area contributed by atoms with E-state index in [0.29, 0.717) is 28.5 Å². The molecule has 0 amide bonds. The lowest BCUT2D eigenvalue weighted by Crippen LogP contribution is -1.97. The van der Waals surface area contributed by atoms with Gasteiger partial charge in [0.15, 0.2) is 17.3 Å². The summed E-state index contributed by atoms with van der Waals surface area (Å²) in [5.41, 5.74) is 1.22. The number of H-pyrrole nitrogens is 1. The first-order valence-corrected chi connectivity index (χ1v) is 9.41. The summed E-state index contributed by atoms with van der Waals surface area (Å²) in [6.45, 7) is 0. The number of nitrogens with zero attached hydrogens (tertiary/aromatic N) is 2. The van der Waals surface area contributed by atoms with Gasteiger partial charge in [-0.15, -0.1) is 5.10 Å². The largest absolute Gasteiger partial charge is 0.504 e. The van der Waals surface area contributed by atoms with Crippen LogP contribution in [0.15, 0.2) is 46.5 Å². The normalized spacial score (nSPS) is 11.2. The number of benzene rings is 2. The number of nitrogens with one attached hydrogen (secondary N) is 1. The van der Waals surface area contributed by atoms with Gasteiger partial charge in [0.25, 0.3) is 0 Å². The van der Waals surface area contributed by atoms with Gasteiger partial charge in [0.1, 0.15) is 16.4 Å². The predicted molar refractivity (Wildman–Crippen MR) is 111 cm³/mol. The summed E-state index contributed by atoms with van der Waals surface area (Å²) in [7, 11) is 4.50. The minimum atomic E-state index is -1.14. The number of aliphatic carboxylic acids is 1. The first kappa shape index (κ1) is 21.1. The average molecular weight is 429 g/mol. The van der Waals surface area contributed by atoms with Gasteiger partial charge >= 0.3 is 5.97 Å². The summed E-state index contributed by atoms with van der Waals surface area (Å²) >= 11 is 0.887. The Morgan fingerprint density at radius 3 is 2.37 bits per heavy atom. The molecule has 0 saturated carbocycles. The molecule has 0 aliphatic carbocycles. The molecule has 3 aromatic rings. The highest BCUT2D eigenvalue weighted by atomic mass is 32.2. The van der Waals surface area contributed by atoms with Gasteiger partial charge in [0, 0.05) is 11.6 Å². The van der Waals surface area contributed by atoms with Crippen molar-refractivity contribution in [3.8, 4) is 34.4 Å². The number of carboxylic acid groups (broad SMARTS) is 1. The Kier molecular flexibility index (Phi) is 6.48. The second-order valence-electron chi connectivity index (χ2n) is 5.92. The lowest BCUT2D eigenvalue weighted by Gasteiger charge is -2.06. The Labute approximate surface area is 176 Å². The van der Waals surface area contributed by atoms with Crippen molar-refractivity contribution < 1.29 is 29.2 Å². The number of aromatic nitrogens is 3. The molecule has 9 nitrogen and oxygen atoms in total. The van der Waals surface area contributed by atoms with Crippen LogP contribution in [-0.4, -0.2) is 52.7 Å². The van der Waals surface area contributed by atoms with E-state index >= 15 is 0 Å². The maximum Gasteiger partial charge on any atom is 0.342 e. The van der Waals surface area contributed by atoms with E-state index in [1.165, 1.54) is 25.3 Å². The van der Waals surface area contributed by atoms with E-state index in [2.05, 4.69) is 15.2 Å². The van der Waals surface area contributed by atoms with Crippen LogP contribution in [0.2, 0.25) is 0 Å². The molecule has 0 spiro atoms. The van der Waals surface area contributed by atoms with Crippen molar-refractivity contribution in [1.82, 2.24) is 15.2 Å². The molecule has 156 valence electrons. The number of carbonyl (C=O) groups is 1. The lowest BCUT2D eigenvalue weighted by atomic mass is 10.2. The van der Waals surface area contributed by atoms with E-state index in [-0.39, 0.29) is 21.6 Å². The quantitative estimate of drug-likeness (QED) is 0.364. The zero-order valence-corrected chi connectivity index (χ0v) is 17.2. The fourth-order valence-corrected chi connectivity index (χ4v) is 3.24. The molecule has 0 atom stereocenters. The van der Waals surface area contributed by atoms with Crippen molar-refractivity contribution in [2.75, 3.05) is 21.3 Å². The van der Waals surface area contributed by atoms with Crippen LogP contribution in [0.25, 0.3) is 17.5 Å². The number of methoxy groups -OCH3 is 3. The Hall–Kier alpha value is -3.66. The number of hydrogen-bond donors (Lipinski definition) is 3. The molecule has 3 N–H and O–H groups in total. The highest BCUT2D eigenvalue weighted by molar-refractivity contribution is 8.04. The van der Waals surface area contributed by atoms with Gasteiger partial charge in [-0.3, -0.25) is 5.10 Å². The Bertz CT molecular complexity index is 1070. The van der Waals surface area contributed by atoms with E-state index in [0.717, 1.165) is 11.8 Å². The number of carboxylic acids is 1. The highest BCUT2D eigenvalue weighted by Crippen LogP contribution is 2.32. The molecule has 0 fully saturated rings. The summed E-state index contributed by atoms with van der Waals surface area (Å²) in [5.74, 6) is 0.675. The molecule has 2 aromatic carbocycles. The van der Waals surface area contributed by atoms with Crippen LogP contribution in [-0.2, 0) is 4.79 Å². The Morgan fingerprint density at radius 2 is 1.77 bits per heavy atom. The van der Waals surface area contributed by atoms with Crippen molar-refractivity contribution in [3.63, 3.8) is 0 Å². The van der Waals surface area contributed by atoms with Crippen molar-refractivity contribution in [2.24, 2.45) is 0 Å². The third kappa shape index (κ3) is 4.84. The zero-order valence-electron chi connectivity index (χ0n) is 16.4. The van der Waals surface area contributed by atoms with Crippen LogP contribution in [0.5, 0.6) is 23.0 Å². The molecule has 10 heteroatoms. The molecule has 1 heterocycles. The van der Waals surface area contributed by atoms with Gasteiger partial charge in [0.2, 0.25) is 5.16 Å². The van der Waals surface area contributed by atoms with Gasteiger partial charge < -0.3 is 24.4 Å². The van der Waals surface area contributed by atoms with Gasteiger partial charge in [-0.05, 0) is 47.7 Å². The maximum absolute atomic E-state index is 11.7. The van der Waals surface area contributed by atoms with E-state index in [1.54, 1.807) is 38.5 Å². The smallest absolute Gasteiger partial charge is 0.342 e. The first-order chi connectivity index (χ1) is 14.4. The maximum atomic E-state index is 11.7. The Balaban J connectivity index is 1.88. The number of thioether (sulfide) groups is 1. The third-order valence-electron chi connectivity index (χ3n) is 4.00. The van der Waals surface area contributed by atoms with E-state index in [1.807, 2.05) is 0 Å². The first-order valence-electron chi connectivity index (χ1n) is 8.59. The molecule has 0 aliphatic rings. The zero-order chi connectivity index (χ0) is 21.7. The molecule has 30 heavy (non-hydrogen) atoms. The topological polar surface area (TPSA) is 127 Å². The van der Waals surface area contributed by atoms with Crippen molar-refractivity contribution >= 4 is 23.8 Å². The van der Waals surface area contributed by atoms with Gasteiger partial charge in [0.05, 0.1) is 21.3 Å². The van der Waals surface area contributed by atoms with Crippen LogP contribution in [0, 0.1) is 0 Å². The number of aromatic hydroxyl groups is 1. The van der Waals surface area contributed by atoms with E-state index in [9.17, 15) is 15.0 Å².